The summed E-state index contributed by atoms with van der Waals surface area (Å²) in [6, 6.07) is 16.8. The highest BCUT2D eigenvalue weighted by Gasteiger charge is 2.05. The minimum Gasteiger partial charge on any atom is -0.370 e. The molecule has 0 atom stereocenters. The van der Waals surface area contributed by atoms with Crippen LogP contribution in [0.5, 0.6) is 0 Å². The van der Waals surface area contributed by atoms with Crippen LogP contribution in [0.15, 0.2) is 48.5 Å². The third-order valence-electron chi connectivity index (χ3n) is 3.20. The molecule has 0 unspecified atom stereocenters. The van der Waals surface area contributed by atoms with Crippen molar-refractivity contribution in [3.05, 3.63) is 65.2 Å². The third-order valence-corrected chi connectivity index (χ3v) is 3.20. The highest BCUT2D eigenvalue weighted by Crippen LogP contribution is 2.16. The first-order valence-corrected chi connectivity index (χ1v) is 6.45. The number of nitrogens with two attached hydrogens (primary N) is 1. The van der Waals surface area contributed by atoms with E-state index in [1.54, 1.807) is 24.3 Å². The van der Waals surface area contributed by atoms with Gasteiger partial charge in [0.05, 0.1) is 11.6 Å². The van der Waals surface area contributed by atoms with Crippen LogP contribution >= 0.6 is 0 Å². The van der Waals surface area contributed by atoms with E-state index in [-0.39, 0.29) is 5.91 Å². The topological polar surface area (TPSA) is 82.2 Å². The molecule has 106 valence electrons. The standard InChI is InChI=1S/C16H16N4O/c1-20(15-8-4-12(10-17)5-9-15)11-13-2-6-14(7-3-13)16(21)19-18/h2-9H,11,18H2,1H3,(H,19,21). The molecule has 0 bridgehead atoms. The van der Waals surface area contributed by atoms with Gasteiger partial charge in [0.25, 0.3) is 5.91 Å². The Labute approximate surface area is 123 Å². The van der Waals surface area contributed by atoms with E-state index >= 15 is 0 Å². The van der Waals surface area contributed by atoms with Gasteiger partial charge in [0, 0.05) is 24.8 Å². The lowest BCUT2D eigenvalue weighted by Gasteiger charge is -2.19. The van der Waals surface area contributed by atoms with Gasteiger partial charge in [-0.05, 0) is 42.0 Å². The third kappa shape index (κ3) is 3.59. The van der Waals surface area contributed by atoms with Crippen molar-refractivity contribution in [1.82, 2.24) is 5.43 Å². The number of amides is 1. The summed E-state index contributed by atoms with van der Waals surface area (Å²) >= 11 is 0. The van der Waals surface area contributed by atoms with Crippen molar-refractivity contribution in [2.75, 3.05) is 11.9 Å². The van der Waals surface area contributed by atoms with Crippen LogP contribution < -0.4 is 16.2 Å². The molecule has 0 aromatic heterocycles. The minimum atomic E-state index is -0.304. The van der Waals surface area contributed by atoms with Gasteiger partial charge < -0.3 is 4.90 Å². The van der Waals surface area contributed by atoms with Crippen LogP contribution in [-0.2, 0) is 6.54 Å². The van der Waals surface area contributed by atoms with Crippen molar-refractivity contribution in [2.45, 2.75) is 6.54 Å². The van der Waals surface area contributed by atoms with Gasteiger partial charge in [-0.25, -0.2) is 5.84 Å². The summed E-state index contributed by atoms with van der Waals surface area (Å²) in [5.74, 6) is 4.79. The van der Waals surface area contributed by atoms with Crippen LogP contribution in [0.4, 0.5) is 5.69 Å². The molecule has 1 amide bonds. The summed E-state index contributed by atoms with van der Waals surface area (Å²) in [4.78, 5) is 13.4. The number of nitriles is 1. The number of hydrazine groups is 1. The lowest BCUT2D eigenvalue weighted by atomic mass is 10.1. The number of anilines is 1. The molecule has 5 nitrogen and oxygen atoms in total. The van der Waals surface area contributed by atoms with Gasteiger partial charge in [0.1, 0.15) is 0 Å². The van der Waals surface area contributed by atoms with Crippen molar-refractivity contribution in [3.8, 4) is 6.07 Å². The van der Waals surface area contributed by atoms with Crippen molar-refractivity contribution >= 4 is 11.6 Å². The SMILES string of the molecule is CN(Cc1ccc(C(=O)NN)cc1)c1ccc(C#N)cc1. The van der Waals surface area contributed by atoms with Crippen LogP contribution in [0.25, 0.3) is 0 Å². The number of benzene rings is 2. The van der Waals surface area contributed by atoms with Crippen LogP contribution in [-0.4, -0.2) is 13.0 Å². The number of rotatable bonds is 4. The number of hydrogen-bond donors (Lipinski definition) is 2. The first-order valence-electron chi connectivity index (χ1n) is 6.45. The van der Waals surface area contributed by atoms with E-state index in [1.807, 2.05) is 31.3 Å². The fraction of sp³-hybridized carbons (Fsp3) is 0.125. The molecular formula is C16H16N4O. The van der Waals surface area contributed by atoms with Gasteiger partial charge in [-0.15, -0.1) is 0 Å². The number of nitrogens with zero attached hydrogens (tertiary/aromatic N) is 2. The maximum absolute atomic E-state index is 11.4. The summed E-state index contributed by atoms with van der Waals surface area (Å²) in [6.07, 6.45) is 0. The molecule has 3 N–H and O–H groups in total. The number of nitrogens with one attached hydrogen (secondary N) is 1. The van der Waals surface area contributed by atoms with Crippen molar-refractivity contribution in [2.24, 2.45) is 5.84 Å². The zero-order valence-electron chi connectivity index (χ0n) is 11.7. The Balaban J connectivity index is 2.06. The zero-order chi connectivity index (χ0) is 15.2. The fourth-order valence-electron chi connectivity index (χ4n) is 2.00. The van der Waals surface area contributed by atoms with Gasteiger partial charge in [0.15, 0.2) is 0 Å². The van der Waals surface area contributed by atoms with E-state index in [1.165, 1.54) is 0 Å². The Morgan fingerprint density at radius 2 is 1.81 bits per heavy atom. The van der Waals surface area contributed by atoms with Crippen molar-refractivity contribution in [1.29, 1.82) is 5.26 Å². The van der Waals surface area contributed by atoms with Crippen LogP contribution in [0.2, 0.25) is 0 Å². The van der Waals surface area contributed by atoms with Gasteiger partial charge in [-0.1, -0.05) is 12.1 Å². The number of nitrogen functional groups attached to an aromatic ring is 1. The quantitative estimate of drug-likeness (QED) is 0.508. The molecule has 0 fully saturated rings. The Kier molecular flexibility index (Phi) is 4.54. The fourth-order valence-corrected chi connectivity index (χ4v) is 2.00. The highest BCUT2D eigenvalue weighted by atomic mass is 16.2. The maximum atomic E-state index is 11.4. The van der Waals surface area contributed by atoms with Gasteiger partial charge in [-0.3, -0.25) is 10.2 Å². The van der Waals surface area contributed by atoms with E-state index in [4.69, 9.17) is 11.1 Å². The Morgan fingerprint density at radius 1 is 1.19 bits per heavy atom. The molecule has 0 aliphatic rings. The van der Waals surface area contributed by atoms with E-state index in [2.05, 4.69) is 16.4 Å². The average Bonchev–Trinajstić information content (AvgIpc) is 2.55. The first-order chi connectivity index (χ1) is 10.1. The van der Waals surface area contributed by atoms with E-state index < -0.39 is 0 Å². The molecule has 2 aromatic carbocycles. The second-order valence-corrected chi connectivity index (χ2v) is 4.69. The summed E-state index contributed by atoms with van der Waals surface area (Å²) in [6.45, 7) is 0.705. The smallest absolute Gasteiger partial charge is 0.265 e. The van der Waals surface area contributed by atoms with Crippen LogP contribution in [0.3, 0.4) is 0 Å². The summed E-state index contributed by atoms with van der Waals surface area (Å²) < 4.78 is 0. The molecule has 0 saturated heterocycles. The Hall–Kier alpha value is -2.84. The Morgan fingerprint density at radius 3 is 2.33 bits per heavy atom. The van der Waals surface area contributed by atoms with Gasteiger partial charge >= 0.3 is 0 Å². The van der Waals surface area contributed by atoms with Gasteiger partial charge in [-0.2, -0.15) is 5.26 Å². The monoisotopic (exact) mass is 280 g/mol. The van der Waals surface area contributed by atoms with Crippen molar-refractivity contribution < 1.29 is 4.79 Å². The minimum absolute atomic E-state index is 0.304. The highest BCUT2D eigenvalue weighted by molar-refractivity contribution is 5.93. The molecule has 2 aromatic rings. The molecule has 0 aliphatic carbocycles. The second kappa shape index (κ2) is 6.55. The number of carbonyl (C=O) groups is 1. The molecule has 0 aliphatic heterocycles. The summed E-state index contributed by atoms with van der Waals surface area (Å²) in [7, 11) is 1.97. The molecule has 0 spiro atoms. The molecule has 21 heavy (non-hydrogen) atoms. The largest absolute Gasteiger partial charge is 0.370 e. The molecule has 0 heterocycles. The molecule has 0 saturated carbocycles. The van der Waals surface area contributed by atoms with E-state index in [9.17, 15) is 4.79 Å². The maximum Gasteiger partial charge on any atom is 0.265 e. The molecule has 5 heteroatoms. The van der Waals surface area contributed by atoms with E-state index in [0.29, 0.717) is 17.7 Å². The Bertz CT molecular complexity index is 656. The average molecular weight is 280 g/mol. The predicted octanol–water partition coefficient (Wildman–Crippen LogP) is 1.80. The number of hydrogen-bond acceptors (Lipinski definition) is 4. The lowest BCUT2D eigenvalue weighted by molar-refractivity contribution is 0.0953. The first kappa shape index (κ1) is 14.6. The predicted molar refractivity (Wildman–Crippen MR) is 81.4 cm³/mol. The van der Waals surface area contributed by atoms with Crippen molar-refractivity contribution in [3.63, 3.8) is 0 Å². The van der Waals surface area contributed by atoms with E-state index in [0.717, 1.165) is 11.3 Å². The molecular weight excluding hydrogens is 264 g/mol. The van der Waals surface area contributed by atoms with Crippen LogP contribution in [0.1, 0.15) is 21.5 Å². The summed E-state index contributed by atoms with van der Waals surface area (Å²) in [5, 5.41) is 8.79. The van der Waals surface area contributed by atoms with Crippen LogP contribution in [0, 0.1) is 11.3 Å². The second-order valence-electron chi connectivity index (χ2n) is 4.69. The zero-order valence-corrected chi connectivity index (χ0v) is 11.7. The van der Waals surface area contributed by atoms with Gasteiger partial charge in [0.2, 0.25) is 0 Å². The molecule has 0 radical (unpaired) electrons. The normalized spacial score (nSPS) is 9.76. The summed E-state index contributed by atoms with van der Waals surface area (Å²) in [5.41, 5.74) is 5.38. The number of carbonyl (C=O) groups excluding carboxylic acids is 1. The lowest BCUT2D eigenvalue weighted by Crippen LogP contribution is -2.29. The molecule has 2 rings (SSSR count).